The molecule has 1 aliphatic carbocycles. The zero-order valence-corrected chi connectivity index (χ0v) is 9.80. The topological polar surface area (TPSA) is 55.1 Å². The maximum atomic E-state index is 11.5. The third kappa shape index (κ3) is 4.65. The molecule has 0 radical (unpaired) electrons. The molecule has 3 nitrogen and oxygen atoms in total. The average molecular weight is 212 g/mol. The molecule has 0 aliphatic heterocycles. The van der Waals surface area contributed by atoms with Crippen LogP contribution in [0.2, 0.25) is 0 Å². The maximum absolute atomic E-state index is 11.5. The third-order valence-corrected chi connectivity index (χ3v) is 3.48. The Kier molecular flexibility index (Phi) is 5.69. The SMILES string of the molecule is CCC(CN)CC(=O)NCCC1CCC1. The summed E-state index contributed by atoms with van der Waals surface area (Å²) in [4.78, 5) is 11.5. The van der Waals surface area contributed by atoms with E-state index in [1.807, 2.05) is 0 Å². The second-order valence-electron chi connectivity index (χ2n) is 4.65. The quantitative estimate of drug-likeness (QED) is 0.674. The van der Waals surface area contributed by atoms with Gasteiger partial charge in [0.2, 0.25) is 5.91 Å². The van der Waals surface area contributed by atoms with Gasteiger partial charge in [0.05, 0.1) is 0 Å². The number of carbonyl (C=O) groups is 1. The lowest BCUT2D eigenvalue weighted by Crippen LogP contribution is -2.30. The highest BCUT2D eigenvalue weighted by atomic mass is 16.1. The number of nitrogens with one attached hydrogen (secondary N) is 1. The van der Waals surface area contributed by atoms with Crippen molar-refractivity contribution in [2.24, 2.45) is 17.6 Å². The van der Waals surface area contributed by atoms with Crippen molar-refractivity contribution < 1.29 is 4.79 Å². The number of rotatable bonds is 7. The average Bonchev–Trinajstić information content (AvgIpc) is 2.18. The van der Waals surface area contributed by atoms with Gasteiger partial charge in [0.25, 0.3) is 0 Å². The molecule has 1 fully saturated rings. The molecule has 0 aromatic heterocycles. The van der Waals surface area contributed by atoms with Crippen LogP contribution < -0.4 is 11.1 Å². The second kappa shape index (κ2) is 6.83. The van der Waals surface area contributed by atoms with Crippen LogP contribution in [0, 0.1) is 11.8 Å². The largest absolute Gasteiger partial charge is 0.356 e. The summed E-state index contributed by atoms with van der Waals surface area (Å²) in [5.41, 5.74) is 5.56. The molecule has 3 N–H and O–H groups in total. The number of hydrogen-bond acceptors (Lipinski definition) is 2. The van der Waals surface area contributed by atoms with Crippen LogP contribution in [0.25, 0.3) is 0 Å². The Morgan fingerprint density at radius 1 is 1.53 bits per heavy atom. The molecular formula is C12H24N2O. The fraction of sp³-hybridized carbons (Fsp3) is 0.917. The molecule has 0 heterocycles. The van der Waals surface area contributed by atoms with Crippen LogP contribution in [0.3, 0.4) is 0 Å². The van der Waals surface area contributed by atoms with Gasteiger partial charge < -0.3 is 11.1 Å². The van der Waals surface area contributed by atoms with E-state index < -0.39 is 0 Å². The van der Waals surface area contributed by atoms with Crippen molar-refractivity contribution >= 4 is 5.91 Å². The van der Waals surface area contributed by atoms with E-state index in [0.717, 1.165) is 25.3 Å². The minimum Gasteiger partial charge on any atom is -0.356 e. The van der Waals surface area contributed by atoms with Crippen molar-refractivity contribution in [2.45, 2.75) is 45.4 Å². The van der Waals surface area contributed by atoms with Crippen molar-refractivity contribution in [2.75, 3.05) is 13.1 Å². The normalized spacial score (nSPS) is 18.3. The van der Waals surface area contributed by atoms with Crippen molar-refractivity contribution in [3.05, 3.63) is 0 Å². The summed E-state index contributed by atoms with van der Waals surface area (Å²) in [6, 6.07) is 0. The van der Waals surface area contributed by atoms with Crippen LogP contribution in [0.5, 0.6) is 0 Å². The van der Waals surface area contributed by atoms with Crippen LogP contribution in [0.4, 0.5) is 0 Å². The van der Waals surface area contributed by atoms with Gasteiger partial charge in [-0.2, -0.15) is 0 Å². The fourth-order valence-corrected chi connectivity index (χ4v) is 1.93. The molecule has 0 bridgehead atoms. The Bertz CT molecular complexity index is 186. The standard InChI is InChI=1S/C12H24N2O/c1-2-10(9-13)8-12(15)14-7-6-11-4-3-5-11/h10-11H,2-9,13H2,1H3,(H,14,15). The Morgan fingerprint density at radius 3 is 2.73 bits per heavy atom. The zero-order chi connectivity index (χ0) is 11.1. The van der Waals surface area contributed by atoms with E-state index in [1.165, 1.54) is 19.3 Å². The lowest BCUT2D eigenvalue weighted by molar-refractivity contribution is -0.122. The number of hydrogen-bond donors (Lipinski definition) is 2. The molecule has 15 heavy (non-hydrogen) atoms. The van der Waals surface area contributed by atoms with E-state index >= 15 is 0 Å². The molecule has 1 aliphatic rings. The predicted octanol–water partition coefficient (Wildman–Crippen LogP) is 1.67. The molecule has 1 rings (SSSR count). The molecule has 0 aromatic carbocycles. The Labute approximate surface area is 92.8 Å². The van der Waals surface area contributed by atoms with Gasteiger partial charge in [0, 0.05) is 13.0 Å². The van der Waals surface area contributed by atoms with E-state index in [9.17, 15) is 4.79 Å². The smallest absolute Gasteiger partial charge is 0.220 e. The van der Waals surface area contributed by atoms with Gasteiger partial charge in [-0.3, -0.25) is 4.79 Å². The summed E-state index contributed by atoms with van der Waals surface area (Å²) >= 11 is 0. The lowest BCUT2D eigenvalue weighted by Gasteiger charge is -2.25. The minimum atomic E-state index is 0.173. The first kappa shape index (κ1) is 12.5. The minimum absolute atomic E-state index is 0.173. The molecular weight excluding hydrogens is 188 g/mol. The van der Waals surface area contributed by atoms with E-state index in [0.29, 0.717) is 18.9 Å². The van der Waals surface area contributed by atoms with E-state index in [4.69, 9.17) is 5.73 Å². The van der Waals surface area contributed by atoms with Crippen LogP contribution in [0.1, 0.15) is 45.4 Å². The van der Waals surface area contributed by atoms with Gasteiger partial charge in [0.15, 0.2) is 0 Å². The lowest BCUT2D eigenvalue weighted by atomic mass is 9.83. The van der Waals surface area contributed by atoms with Gasteiger partial charge in [-0.25, -0.2) is 0 Å². The molecule has 88 valence electrons. The summed E-state index contributed by atoms with van der Waals surface area (Å²) in [6.07, 6.45) is 6.84. The monoisotopic (exact) mass is 212 g/mol. The van der Waals surface area contributed by atoms with Crippen molar-refractivity contribution in [3.63, 3.8) is 0 Å². The van der Waals surface area contributed by atoms with Gasteiger partial charge in [0.1, 0.15) is 0 Å². The first-order valence-electron chi connectivity index (χ1n) is 6.23. The molecule has 1 unspecified atom stereocenters. The van der Waals surface area contributed by atoms with Crippen LogP contribution in [0.15, 0.2) is 0 Å². The highest BCUT2D eigenvalue weighted by Gasteiger charge is 2.17. The summed E-state index contributed by atoms with van der Waals surface area (Å²) < 4.78 is 0. The second-order valence-corrected chi connectivity index (χ2v) is 4.65. The highest BCUT2D eigenvalue weighted by molar-refractivity contribution is 5.76. The zero-order valence-electron chi connectivity index (χ0n) is 9.80. The number of carbonyl (C=O) groups excluding carboxylic acids is 1. The van der Waals surface area contributed by atoms with E-state index in [2.05, 4.69) is 12.2 Å². The number of amides is 1. The predicted molar refractivity (Wildman–Crippen MR) is 62.4 cm³/mol. The van der Waals surface area contributed by atoms with Gasteiger partial charge in [-0.15, -0.1) is 0 Å². The van der Waals surface area contributed by atoms with E-state index in [-0.39, 0.29) is 5.91 Å². The van der Waals surface area contributed by atoms with Gasteiger partial charge in [-0.1, -0.05) is 32.6 Å². The summed E-state index contributed by atoms with van der Waals surface area (Å²) in [5.74, 6) is 1.40. The van der Waals surface area contributed by atoms with Crippen LogP contribution >= 0.6 is 0 Å². The first-order valence-corrected chi connectivity index (χ1v) is 6.23. The Balaban J connectivity index is 2.01. The molecule has 0 saturated heterocycles. The van der Waals surface area contributed by atoms with Gasteiger partial charge >= 0.3 is 0 Å². The molecule has 1 amide bonds. The highest BCUT2D eigenvalue weighted by Crippen LogP contribution is 2.28. The van der Waals surface area contributed by atoms with Gasteiger partial charge in [-0.05, 0) is 24.8 Å². The molecule has 1 atom stereocenters. The Hall–Kier alpha value is -0.570. The summed E-state index contributed by atoms with van der Waals surface area (Å²) in [7, 11) is 0. The maximum Gasteiger partial charge on any atom is 0.220 e. The van der Waals surface area contributed by atoms with Crippen molar-refractivity contribution in [1.82, 2.24) is 5.32 Å². The number of nitrogens with two attached hydrogens (primary N) is 1. The summed E-state index contributed by atoms with van der Waals surface area (Å²) in [6.45, 7) is 3.55. The summed E-state index contributed by atoms with van der Waals surface area (Å²) in [5, 5.41) is 2.99. The first-order chi connectivity index (χ1) is 7.26. The van der Waals surface area contributed by atoms with Crippen molar-refractivity contribution in [3.8, 4) is 0 Å². The molecule has 0 spiro atoms. The molecule has 1 saturated carbocycles. The van der Waals surface area contributed by atoms with Crippen molar-refractivity contribution in [1.29, 1.82) is 0 Å². The van der Waals surface area contributed by atoms with E-state index in [1.54, 1.807) is 0 Å². The van der Waals surface area contributed by atoms with Crippen LogP contribution in [-0.2, 0) is 4.79 Å². The van der Waals surface area contributed by atoms with Crippen LogP contribution in [-0.4, -0.2) is 19.0 Å². The molecule has 0 aromatic rings. The fourth-order valence-electron chi connectivity index (χ4n) is 1.93. The Morgan fingerprint density at radius 2 is 2.27 bits per heavy atom. The molecule has 3 heteroatoms. The third-order valence-electron chi connectivity index (χ3n) is 3.48.